The standard InChI is InChI=1S/C15H18N2O/c16-9-7-13-3-5-15(6-4-13)18-11-8-14-2-1-10-17-12-14/h1-6,10,12H,7-9,11,16H2. The van der Waals surface area contributed by atoms with Gasteiger partial charge < -0.3 is 10.5 Å². The van der Waals surface area contributed by atoms with Crippen molar-refractivity contribution >= 4 is 0 Å². The first-order chi connectivity index (χ1) is 8.88. The molecule has 2 aromatic rings. The van der Waals surface area contributed by atoms with Gasteiger partial charge in [-0.05, 0) is 42.3 Å². The zero-order valence-corrected chi connectivity index (χ0v) is 10.4. The molecule has 0 aliphatic heterocycles. The number of nitrogens with zero attached hydrogens (tertiary/aromatic N) is 1. The van der Waals surface area contributed by atoms with Crippen molar-refractivity contribution in [3.8, 4) is 5.75 Å². The molecule has 3 heteroatoms. The second-order valence-electron chi connectivity index (χ2n) is 4.14. The number of aromatic nitrogens is 1. The SMILES string of the molecule is NCCc1ccc(OCCc2cccnc2)cc1. The number of pyridine rings is 1. The van der Waals surface area contributed by atoms with Crippen LogP contribution in [-0.4, -0.2) is 18.1 Å². The van der Waals surface area contributed by atoms with Crippen LogP contribution in [0, 0.1) is 0 Å². The molecule has 2 rings (SSSR count). The molecule has 1 aromatic carbocycles. The minimum atomic E-state index is 0.669. The van der Waals surface area contributed by atoms with Gasteiger partial charge in [0.05, 0.1) is 6.61 Å². The molecule has 18 heavy (non-hydrogen) atoms. The fraction of sp³-hybridized carbons (Fsp3) is 0.267. The monoisotopic (exact) mass is 242 g/mol. The Morgan fingerprint density at radius 1 is 1.00 bits per heavy atom. The van der Waals surface area contributed by atoms with Gasteiger partial charge in [0.2, 0.25) is 0 Å². The Hall–Kier alpha value is -1.87. The largest absolute Gasteiger partial charge is 0.493 e. The van der Waals surface area contributed by atoms with E-state index in [4.69, 9.17) is 10.5 Å². The van der Waals surface area contributed by atoms with Gasteiger partial charge in [-0.15, -0.1) is 0 Å². The van der Waals surface area contributed by atoms with Crippen LogP contribution in [0.25, 0.3) is 0 Å². The quantitative estimate of drug-likeness (QED) is 0.844. The lowest BCUT2D eigenvalue weighted by Gasteiger charge is -2.07. The molecule has 0 radical (unpaired) electrons. The highest BCUT2D eigenvalue weighted by molar-refractivity contribution is 5.27. The van der Waals surface area contributed by atoms with Crippen LogP contribution in [0.15, 0.2) is 48.8 Å². The first kappa shape index (κ1) is 12.6. The van der Waals surface area contributed by atoms with Gasteiger partial charge in [0.15, 0.2) is 0 Å². The predicted octanol–water partition coefficient (Wildman–Crippen LogP) is 2.20. The molecule has 1 aromatic heterocycles. The van der Waals surface area contributed by atoms with Crippen LogP contribution >= 0.6 is 0 Å². The average Bonchev–Trinajstić information content (AvgIpc) is 2.42. The van der Waals surface area contributed by atoms with E-state index < -0.39 is 0 Å². The van der Waals surface area contributed by atoms with Gasteiger partial charge in [0, 0.05) is 18.8 Å². The molecule has 0 fully saturated rings. The van der Waals surface area contributed by atoms with Gasteiger partial charge in [-0.2, -0.15) is 0 Å². The highest BCUT2D eigenvalue weighted by Crippen LogP contribution is 2.12. The van der Waals surface area contributed by atoms with Crippen LogP contribution in [0.4, 0.5) is 0 Å². The summed E-state index contributed by atoms with van der Waals surface area (Å²) in [5, 5.41) is 0. The summed E-state index contributed by atoms with van der Waals surface area (Å²) in [5.41, 5.74) is 7.95. The van der Waals surface area contributed by atoms with Gasteiger partial charge in [0.1, 0.15) is 5.75 Å². The highest BCUT2D eigenvalue weighted by Gasteiger charge is 1.96. The van der Waals surface area contributed by atoms with Crippen molar-refractivity contribution in [2.75, 3.05) is 13.2 Å². The number of rotatable bonds is 6. The maximum absolute atomic E-state index is 5.68. The third kappa shape index (κ3) is 3.86. The van der Waals surface area contributed by atoms with E-state index in [-0.39, 0.29) is 0 Å². The molecule has 0 unspecified atom stereocenters. The van der Waals surface area contributed by atoms with Crippen LogP contribution in [0.5, 0.6) is 5.75 Å². The summed E-state index contributed by atoms with van der Waals surface area (Å²) in [6.45, 7) is 1.35. The van der Waals surface area contributed by atoms with Crippen molar-refractivity contribution < 1.29 is 4.74 Å². The number of nitrogens with two attached hydrogens (primary N) is 1. The van der Waals surface area contributed by atoms with Crippen LogP contribution in [0.3, 0.4) is 0 Å². The van der Waals surface area contributed by atoms with Crippen molar-refractivity contribution in [1.82, 2.24) is 4.98 Å². The number of hydrogen-bond acceptors (Lipinski definition) is 3. The Morgan fingerprint density at radius 2 is 1.83 bits per heavy atom. The Bertz CT molecular complexity index is 454. The number of ether oxygens (including phenoxy) is 1. The highest BCUT2D eigenvalue weighted by atomic mass is 16.5. The normalized spacial score (nSPS) is 10.3. The molecule has 0 bridgehead atoms. The van der Waals surface area contributed by atoms with Gasteiger partial charge in [-0.1, -0.05) is 18.2 Å². The molecule has 0 aliphatic rings. The Kier molecular flexibility index (Phi) is 4.73. The van der Waals surface area contributed by atoms with E-state index in [9.17, 15) is 0 Å². The third-order valence-electron chi connectivity index (χ3n) is 2.74. The van der Waals surface area contributed by atoms with Gasteiger partial charge in [-0.3, -0.25) is 4.98 Å². The van der Waals surface area contributed by atoms with Gasteiger partial charge in [-0.25, -0.2) is 0 Å². The Morgan fingerprint density at radius 3 is 2.50 bits per heavy atom. The van der Waals surface area contributed by atoms with Crippen molar-refractivity contribution in [2.24, 2.45) is 5.73 Å². The van der Waals surface area contributed by atoms with Crippen LogP contribution < -0.4 is 10.5 Å². The molecule has 0 amide bonds. The van der Waals surface area contributed by atoms with Crippen LogP contribution in [0.2, 0.25) is 0 Å². The minimum Gasteiger partial charge on any atom is -0.493 e. The lowest BCUT2D eigenvalue weighted by atomic mass is 10.1. The third-order valence-corrected chi connectivity index (χ3v) is 2.74. The van der Waals surface area contributed by atoms with E-state index >= 15 is 0 Å². The first-order valence-corrected chi connectivity index (χ1v) is 6.19. The fourth-order valence-electron chi connectivity index (χ4n) is 1.75. The van der Waals surface area contributed by atoms with E-state index in [0.717, 1.165) is 18.6 Å². The molecule has 0 saturated heterocycles. The average molecular weight is 242 g/mol. The van der Waals surface area contributed by atoms with Crippen LogP contribution in [0.1, 0.15) is 11.1 Å². The van der Waals surface area contributed by atoms with E-state index in [2.05, 4.69) is 23.2 Å². The summed E-state index contributed by atoms with van der Waals surface area (Å²) in [7, 11) is 0. The molecular weight excluding hydrogens is 224 g/mol. The molecule has 0 atom stereocenters. The van der Waals surface area contributed by atoms with Crippen molar-refractivity contribution in [1.29, 1.82) is 0 Å². The molecule has 94 valence electrons. The van der Waals surface area contributed by atoms with Gasteiger partial charge >= 0.3 is 0 Å². The van der Waals surface area contributed by atoms with E-state index in [0.29, 0.717) is 13.2 Å². The lowest BCUT2D eigenvalue weighted by molar-refractivity contribution is 0.321. The summed E-state index contributed by atoms with van der Waals surface area (Å²) in [4.78, 5) is 4.08. The maximum Gasteiger partial charge on any atom is 0.119 e. The summed E-state index contributed by atoms with van der Waals surface area (Å²) < 4.78 is 5.68. The summed E-state index contributed by atoms with van der Waals surface area (Å²) in [6.07, 6.45) is 5.43. The second-order valence-corrected chi connectivity index (χ2v) is 4.14. The molecule has 0 aliphatic carbocycles. The smallest absolute Gasteiger partial charge is 0.119 e. The van der Waals surface area contributed by atoms with Crippen LogP contribution in [-0.2, 0) is 12.8 Å². The molecular formula is C15H18N2O. The number of hydrogen-bond donors (Lipinski definition) is 1. The second kappa shape index (κ2) is 6.77. The molecule has 0 spiro atoms. The zero-order valence-electron chi connectivity index (χ0n) is 10.4. The van der Waals surface area contributed by atoms with Crippen molar-refractivity contribution in [3.05, 3.63) is 59.9 Å². The molecule has 3 nitrogen and oxygen atoms in total. The molecule has 2 N–H and O–H groups in total. The van der Waals surface area contributed by atoms with E-state index in [1.54, 1.807) is 6.20 Å². The zero-order chi connectivity index (χ0) is 12.6. The minimum absolute atomic E-state index is 0.669. The van der Waals surface area contributed by atoms with E-state index in [1.807, 2.05) is 24.4 Å². The number of benzene rings is 1. The van der Waals surface area contributed by atoms with Crippen molar-refractivity contribution in [3.63, 3.8) is 0 Å². The molecule has 1 heterocycles. The molecule has 0 saturated carbocycles. The topological polar surface area (TPSA) is 48.1 Å². The first-order valence-electron chi connectivity index (χ1n) is 6.19. The van der Waals surface area contributed by atoms with Gasteiger partial charge in [0.25, 0.3) is 0 Å². The Labute approximate surface area is 108 Å². The fourth-order valence-corrected chi connectivity index (χ4v) is 1.75. The van der Waals surface area contributed by atoms with Crippen molar-refractivity contribution in [2.45, 2.75) is 12.8 Å². The lowest BCUT2D eigenvalue weighted by Crippen LogP contribution is -2.03. The summed E-state index contributed by atoms with van der Waals surface area (Å²) in [6, 6.07) is 12.1. The maximum atomic E-state index is 5.68. The van der Waals surface area contributed by atoms with E-state index in [1.165, 1.54) is 11.1 Å². The predicted molar refractivity (Wildman–Crippen MR) is 72.6 cm³/mol. The summed E-state index contributed by atoms with van der Waals surface area (Å²) in [5.74, 6) is 0.902. The Balaban J connectivity index is 1.80. The summed E-state index contributed by atoms with van der Waals surface area (Å²) >= 11 is 0.